The van der Waals surface area contributed by atoms with E-state index in [1.165, 1.54) is 37.7 Å². The van der Waals surface area contributed by atoms with Crippen molar-refractivity contribution in [2.24, 2.45) is 5.92 Å². The smallest absolute Gasteiger partial charge is 0.120 e. The Labute approximate surface area is 134 Å². The van der Waals surface area contributed by atoms with Gasteiger partial charge in [0.1, 0.15) is 5.60 Å². The Bertz CT molecular complexity index is 456. The van der Waals surface area contributed by atoms with Gasteiger partial charge in [0.05, 0.1) is 19.3 Å². The molecule has 1 aromatic carbocycles. The number of hydrogen-bond acceptors (Lipinski definition) is 3. The van der Waals surface area contributed by atoms with Crippen molar-refractivity contribution in [2.75, 3.05) is 33.9 Å². The van der Waals surface area contributed by atoms with Crippen LogP contribution in [-0.2, 0) is 15.1 Å². The summed E-state index contributed by atoms with van der Waals surface area (Å²) in [4.78, 5) is 2.19. The van der Waals surface area contributed by atoms with Gasteiger partial charge in [0.15, 0.2) is 0 Å². The van der Waals surface area contributed by atoms with Crippen LogP contribution >= 0.6 is 0 Å². The Morgan fingerprint density at radius 3 is 2.50 bits per heavy atom. The maximum absolute atomic E-state index is 6.74. The van der Waals surface area contributed by atoms with E-state index in [0.29, 0.717) is 19.1 Å². The Balaban J connectivity index is 1.88. The molecule has 2 unspecified atom stereocenters. The van der Waals surface area contributed by atoms with Crippen LogP contribution < -0.4 is 0 Å². The summed E-state index contributed by atoms with van der Waals surface area (Å²) >= 11 is 0. The first-order valence-corrected chi connectivity index (χ1v) is 8.66. The molecule has 1 saturated heterocycles. The number of likely N-dealkylation sites (N-methyl/N-ethyl adjacent to an activating group) is 1. The molecule has 2 aliphatic rings. The summed E-state index contributed by atoms with van der Waals surface area (Å²) in [6, 6.07) is 10.8. The first-order valence-electron chi connectivity index (χ1n) is 8.66. The van der Waals surface area contributed by atoms with E-state index in [2.05, 4.69) is 49.3 Å². The average molecular weight is 303 g/mol. The molecular weight excluding hydrogens is 274 g/mol. The topological polar surface area (TPSA) is 21.7 Å². The summed E-state index contributed by atoms with van der Waals surface area (Å²) in [6.45, 7) is 2.33. The summed E-state index contributed by atoms with van der Waals surface area (Å²) in [5.74, 6) is 0.577. The minimum Gasteiger partial charge on any atom is -0.375 e. The van der Waals surface area contributed by atoms with Crippen molar-refractivity contribution >= 4 is 0 Å². The van der Waals surface area contributed by atoms with Crippen LogP contribution in [0.2, 0.25) is 0 Å². The SMILES string of the molecule is CN(C)CC1COCC(c2ccccc2)(C2CCCCC2)O1. The van der Waals surface area contributed by atoms with Crippen LogP contribution in [0.15, 0.2) is 30.3 Å². The number of nitrogens with zero attached hydrogens (tertiary/aromatic N) is 1. The van der Waals surface area contributed by atoms with Gasteiger partial charge in [-0.2, -0.15) is 0 Å². The Morgan fingerprint density at radius 2 is 1.82 bits per heavy atom. The second kappa shape index (κ2) is 7.12. The van der Waals surface area contributed by atoms with E-state index in [0.717, 1.165) is 6.54 Å². The lowest BCUT2D eigenvalue weighted by Gasteiger charge is -2.48. The van der Waals surface area contributed by atoms with E-state index in [1.54, 1.807) is 0 Å². The van der Waals surface area contributed by atoms with E-state index in [1.807, 2.05) is 0 Å². The van der Waals surface area contributed by atoms with Gasteiger partial charge in [-0.25, -0.2) is 0 Å². The fraction of sp³-hybridized carbons (Fsp3) is 0.684. The highest BCUT2D eigenvalue weighted by Gasteiger charge is 2.46. The number of ether oxygens (including phenoxy) is 2. The molecule has 1 aromatic rings. The molecule has 0 aromatic heterocycles. The Hall–Kier alpha value is -0.900. The van der Waals surface area contributed by atoms with Gasteiger partial charge in [-0.05, 0) is 38.4 Å². The zero-order valence-corrected chi connectivity index (χ0v) is 14.0. The molecule has 0 radical (unpaired) electrons. The molecule has 1 saturated carbocycles. The average Bonchev–Trinajstić information content (AvgIpc) is 2.56. The molecule has 2 fully saturated rings. The molecule has 122 valence electrons. The molecule has 1 aliphatic heterocycles. The van der Waals surface area contributed by atoms with E-state index in [4.69, 9.17) is 9.47 Å². The van der Waals surface area contributed by atoms with Gasteiger partial charge in [0.2, 0.25) is 0 Å². The van der Waals surface area contributed by atoms with Crippen LogP contribution in [-0.4, -0.2) is 44.9 Å². The molecule has 22 heavy (non-hydrogen) atoms. The van der Waals surface area contributed by atoms with E-state index in [-0.39, 0.29) is 11.7 Å². The van der Waals surface area contributed by atoms with Gasteiger partial charge in [-0.1, -0.05) is 49.6 Å². The summed E-state index contributed by atoms with van der Waals surface area (Å²) in [5.41, 5.74) is 1.05. The quantitative estimate of drug-likeness (QED) is 0.850. The maximum Gasteiger partial charge on any atom is 0.120 e. The highest BCUT2D eigenvalue weighted by atomic mass is 16.6. The minimum atomic E-state index is -0.249. The van der Waals surface area contributed by atoms with Gasteiger partial charge in [0, 0.05) is 6.54 Å². The first-order chi connectivity index (χ1) is 10.7. The molecule has 0 amide bonds. The highest BCUT2D eigenvalue weighted by Crippen LogP contribution is 2.44. The molecule has 3 rings (SSSR count). The fourth-order valence-corrected chi connectivity index (χ4v) is 4.10. The molecule has 1 heterocycles. The van der Waals surface area contributed by atoms with Gasteiger partial charge >= 0.3 is 0 Å². The van der Waals surface area contributed by atoms with Crippen molar-refractivity contribution in [1.29, 1.82) is 0 Å². The van der Waals surface area contributed by atoms with Gasteiger partial charge in [-0.3, -0.25) is 0 Å². The number of rotatable bonds is 4. The van der Waals surface area contributed by atoms with Crippen molar-refractivity contribution in [3.05, 3.63) is 35.9 Å². The predicted octanol–water partition coefficient (Wildman–Crippen LogP) is 3.44. The van der Waals surface area contributed by atoms with Crippen LogP contribution in [0, 0.1) is 5.92 Å². The van der Waals surface area contributed by atoms with Crippen molar-refractivity contribution in [2.45, 2.75) is 43.8 Å². The van der Waals surface area contributed by atoms with Crippen molar-refractivity contribution < 1.29 is 9.47 Å². The third kappa shape index (κ3) is 3.37. The summed E-state index contributed by atoms with van der Waals surface area (Å²) in [7, 11) is 4.20. The molecule has 0 spiro atoms. The second-order valence-electron chi connectivity index (χ2n) is 7.11. The Kier molecular flexibility index (Phi) is 5.17. The molecule has 2 atom stereocenters. The van der Waals surface area contributed by atoms with Crippen LogP contribution in [0.25, 0.3) is 0 Å². The normalized spacial score (nSPS) is 30.6. The second-order valence-corrected chi connectivity index (χ2v) is 7.11. The van der Waals surface area contributed by atoms with E-state index in [9.17, 15) is 0 Å². The monoisotopic (exact) mass is 303 g/mol. The lowest BCUT2D eigenvalue weighted by Crippen LogP contribution is -2.52. The van der Waals surface area contributed by atoms with Gasteiger partial charge in [0.25, 0.3) is 0 Å². The third-order valence-corrected chi connectivity index (χ3v) is 5.09. The van der Waals surface area contributed by atoms with Gasteiger partial charge in [-0.15, -0.1) is 0 Å². The van der Waals surface area contributed by atoms with Gasteiger partial charge < -0.3 is 14.4 Å². The fourth-order valence-electron chi connectivity index (χ4n) is 4.10. The summed E-state index contributed by atoms with van der Waals surface area (Å²) in [5, 5.41) is 0. The molecule has 0 N–H and O–H groups in total. The lowest BCUT2D eigenvalue weighted by atomic mass is 9.73. The zero-order valence-electron chi connectivity index (χ0n) is 14.0. The summed E-state index contributed by atoms with van der Waals surface area (Å²) < 4.78 is 12.8. The zero-order chi connectivity index (χ0) is 15.4. The largest absolute Gasteiger partial charge is 0.375 e. The standard InChI is InChI=1S/C19H29NO2/c1-20(2)13-18-14-21-15-19(22-18,16-9-5-3-6-10-16)17-11-7-4-8-12-17/h3,5-6,9-10,17-18H,4,7-8,11-15H2,1-2H3. The minimum absolute atomic E-state index is 0.158. The van der Waals surface area contributed by atoms with E-state index >= 15 is 0 Å². The molecule has 1 aliphatic carbocycles. The van der Waals surface area contributed by atoms with Crippen LogP contribution in [0.4, 0.5) is 0 Å². The molecule has 0 bridgehead atoms. The van der Waals surface area contributed by atoms with Crippen molar-refractivity contribution in [3.63, 3.8) is 0 Å². The van der Waals surface area contributed by atoms with Crippen molar-refractivity contribution in [1.82, 2.24) is 4.90 Å². The predicted molar refractivity (Wildman–Crippen MR) is 88.9 cm³/mol. The van der Waals surface area contributed by atoms with Crippen LogP contribution in [0.5, 0.6) is 0 Å². The third-order valence-electron chi connectivity index (χ3n) is 5.09. The number of benzene rings is 1. The molecule has 3 nitrogen and oxygen atoms in total. The molecular formula is C19H29NO2. The van der Waals surface area contributed by atoms with Crippen LogP contribution in [0.1, 0.15) is 37.7 Å². The van der Waals surface area contributed by atoms with Crippen LogP contribution in [0.3, 0.4) is 0 Å². The lowest BCUT2D eigenvalue weighted by molar-refractivity contribution is -0.234. The summed E-state index contributed by atoms with van der Waals surface area (Å²) in [6.07, 6.45) is 6.68. The molecule has 3 heteroatoms. The van der Waals surface area contributed by atoms with Crippen molar-refractivity contribution in [3.8, 4) is 0 Å². The Morgan fingerprint density at radius 1 is 1.09 bits per heavy atom. The first kappa shape index (κ1) is 16.0. The van der Waals surface area contributed by atoms with E-state index < -0.39 is 0 Å². The maximum atomic E-state index is 6.74. The number of hydrogen-bond donors (Lipinski definition) is 0. The highest BCUT2D eigenvalue weighted by molar-refractivity contribution is 5.25.